The van der Waals surface area contributed by atoms with Gasteiger partial charge in [-0.15, -0.1) is 0 Å². The predicted octanol–water partition coefficient (Wildman–Crippen LogP) is 0.811. The molecule has 0 atom stereocenters. The van der Waals surface area contributed by atoms with Gasteiger partial charge in [0.25, 0.3) is 0 Å². The highest BCUT2D eigenvalue weighted by Gasteiger charge is 2.12. The first-order valence-corrected chi connectivity index (χ1v) is 2.97. The largest absolute Gasteiger partial charge is 0.478 e. The van der Waals surface area contributed by atoms with Gasteiger partial charge < -0.3 is 9.94 Å². The lowest BCUT2D eigenvalue weighted by atomic mass is 10.1. The maximum Gasteiger partial charge on any atom is 0.339 e. The lowest BCUT2D eigenvalue weighted by Gasteiger charge is -2.04. The van der Waals surface area contributed by atoms with Gasteiger partial charge in [0.2, 0.25) is 0 Å². The van der Waals surface area contributed by atoms with Gasteiger partial charge >= 0.3 is 5.97 Å². The Balaban J connectivity index is 4.88. The SMILES string of the molecule is C=C(C)/C(C(=O)O)=C(/C)ON. The van der Waals surface area contributed by atoms with Crippen LogP contribution in [0.1, 0.15) is 13.8 Å². The molecular weight excluding hydrogens is 146 g/mol. The molecule has 0 spiro atoms. The molecule has 0 fully saturated rings. The number of hydrogen-bond acceptors (Lipinski definition) is 3. The topological polar surface area (TPSA) is 72.5 Å². The smallest absolute Gasteiger partial charge is 0.339 e. The first kappa shape index (κ1) is 9.71. The zero-order valence-electron chi connectivity index (χ0n) is 6.55. The normalized spacial score (nSPS) is 11.9. The summed E-state index contributed by atoms with van der Waals surface area (Å²) in [5.74, 6) is 3.86. The van der Waals surface area contributed by atoms with Crippen LogP contribution in [0.25, 0.3) is 0 Å². The van der Waals surface area contributed by atoms with E-state index in [1.54, 1.807) is 6.92 Å². The average molecular weight is 157 g/mol. The minimum atomic E-state index is -1.08. The van der Waals surface area contributed by atoms with E-state index in [4.69, 9.17) is 11.0 Å². The summed E-state index contributed by atoms with van der Waals surface area (Å²) in [6.07, 6.45) is 0. The van der Waals surface area contributed by atoms with Crippen molar-refractivity contribution in [3.8, 4) is 0 Å². The highest BCUT2D eigenvalue weighted by atomic mass is 16.6. The van der Waals surface area contributed by atoms with E-state index in [9.17, 15) is 4.79 Å². The number of aliphatic carboxylic acids is 1. The maximum absolute atomic E-state index is 10.5. The molecule has 0 bridgehead atoms. The number of carboxylic acid groups (broad SMARTS) is 1. The van der Waals surface area contributed by atoms with Gasteiger partial charge in [-0.25, -0.2) is 4.79 Å². The zero-order chi connectivity index (χ0) is 9.02. The van der Waals surface area contributed by atoms with Crippen LogP contribution in [0.4, 0.5) is 0 Å². The molecule has 4 nitrogen and oxygen atoms in total. The zero-order valence-corrected chi connectivity index (χ0v) is 6.55. The van der Waals surface area contributed by atoms with E-state index in [0.29, 0.717) is 5.57 Å². The summed E-state index contributed by atoms with van der Waals surface area (Å²) in [6.45, 7) is 6.52. The van der Waals surface area contributed by atoms with Crippen molar-refractivity contribution >= 4 is 5.97 Å². The Morgan fingerprint density at radius 1 is 1.55 bits per heavy atom. The van der Waals surface area contributed by atoms with Crippen molar-refractivity contribution in [1.29, 1.82) is 0 Å². The van der Waals surface area contributed by atoms with Crippen LogP contribution in [-0.4, -0.2) is 11.1 Å². The van der Waals surface area contributed by atoms with Crippen LogP contribution >= 0.6 is 0 Å². The minimum Gasteiger partial charge on any atom is -0.478 e. The van der Waals surface area contributed by atoms with Crippen molar-refractivity contribution in [2.75, 3.05) is 0 Å². The fraction of sp³-hybridized carbons (Fsp3) is 0.286. The van der Waals surface area contributed by atoms with E-state index in [-0.39, 0.29) is 11.3 Å². The summed E-state index contributed by atoms with van der Waals surface area (Å²) in [6, 6.07) is 0. The second-order valence-electron chi connectivity index (χ2n) is 2.13. The summed E-state index contributed by atoms with van der Waals surface area (Å²) in [7, 11) is 0. The Bertz CT molecular complexity index is 202. The van der Waals surface area contributed by atoms with Gasteiger partial charge in [0.05, 0.1) is 0 Å². The van der Waals surface area contributed by atoms with Gasteiger partial charge in [0.1, 0.15) is 11.3 Å². The molecule has 0 heterocycles. The Labute approximate surface area is 64.9 Å². The summed E-state index contributed by atoms with van der Waals surface area (Å²) in [4.78, 5) is 14.8. The Hall–Kier alpha value is -1.29. The lowest BCUT2D eigenvalue weighted by molar-refractivity contribution is -0.132. The van der Waals surface area contributed by atoms with E-state index < -0.39 is 5.97 Å². The van der Waals surface area contributed by atoms with Crippen LogP contribution in [0.15, 0.2) is 23.5 Å². The second kappa shape index (κ2) is 3.78. The fourth-order valence-corrected chi connectivity index (χ4v) is 0.693. The van der Waals surface area contributed by atoms with E-state index in [1.807, 2.05) is 0 Å². The molecule has 0 saturated heterocycles. The molecule has 0 amide bonds. The van der Waals surface area contributed by atoms with E-state index in [1.165, 1.54) is 6.92 Å². The second-order valence-corrected chi connectivity index (χ2v) is 2.13. The molecule has 0 unspecified atom stereocenters. The van der Waals surface area contributed by atoms with Gasteiger partial charge in [-0.1, -0.05) is 6.58 Å². The van der Waals surface area contributed by atoms with Crippen LogP contribution < -0.4 is 5.90 Å². The number of rotatable bonds is 3. The maximum atomic E-state index is 10.5. The van der Waals surface area contributed by atoms with Gasteiger partial charge in [-0.2, -0.15) is 5.90 Å². The van der Waals surface area contributed by atoms with Crippen molar-refractivity contribution in [3.63, 3.8) is 0 Å². The molecule has 0 rings (SSSR count). The van der Waals surface area contributed by atoms with Crippen LogP contribution in [-0.2, 0) is 9.63 Å². The van der Waals surface area contributed by atoms with Crippen LogP contribution in [0.2, 0.25) is 0 Å². The Kier molecular flexibility index (Phi) is 3.33. The Morgan fingerprint density at radius 2 is 2.00 bits per heavy atom. The van der Waals surface area contributed by atoms with E-state index in [2.05, 4.69) is 11.4 Å². The summed E-state index contributed by atoms with van der Waals surface area (Å²) in [5.41, 5.74) is 0.438. The number of carboxylic acids is 1. The van der Waals surface area contributed by atoms with Crippen molar-refractivity contribution < 1.29 is 14.7 Å². The third-order valence-corrected chi connectivity index (χ3v) is 1.17. The Morgan fingerprint density at radius 3 is 2.09 bits per heavy atom. The molecule has 0 radical (unpaired) electrons. The predicted molar refractivity (Wildman–Crippen MR) is 40.4 cm³/mol. The molecule has 0 aliphatic rings. The first-order chi connectivity index (χ1) is 5.00. The van der Waals surface area contributed by atoms with Gasteiger partial charge in [-0.05, 0) is 19.4 Å². The van der Waals surface area contributed by atoms with Crippen LogP contribution in [0.5, 0.6) is 0 Å². The fourth-order valence-electron chi connectivity index (χ4n) is 0.693. The van der Waals surface area contributed by atoms with Crippen LogP contribution in [0, 0.1) is 0 Å². The molecule has 4 heteroatoms. The first-order valence-electron chi connectivity index (χ1n) is 2.97. The molecule has 0 aromatic rings. The molecule has 0 aliphatic heterocycles. The molecule has 0 aliphatic carbocycles. The third-order valence-electron chi connectivity index (χ3n) is 1.17. The number of carbonyl (C=O) groups is 1. The van der Waals surface area contributed by atoms with Gasteiger partial charge in [-0.3, -0.25) is 0 Å². The van der Waals surface area contributed by atoms with Crippen molar-refractivity contribution in [3.05, 3.63) is 23.5 Å². The van der Waals surface area contributed by atoms with Crippen LogP contribution in [0.3, 0.4) is 0 Å². The highest BCUT2D eigenvalue weighted by molar-refractivity contribution is 5.91. The molecular formula is C7H11NO3. The van der Waals surface area contributed by atoms with Crippen molar-refractivity contribution in [1.82, 2.24) is 0 Å². The average Bonchev–Trinajstić information content (AvgIpc) is 1.85. The van der Waals surface area contributed by atoms with Crippen molar-refractivity contribution in [2.24, 2.45) is 5.90 Å². The van der Waals surface area contributed by atoms with Crippen molar-refractivity contribution in [2.45, 2.75) is 13.8 Å². The minimum absolute atomic E-state index is 0.0208. The highest BCUT2D eigenvalue weighted by Crippen LogP contribution is 2.12. The van der Waals surface area contributed by atoms with E-state index in [0.717, 1.165) is 0 Å². The number of nitrogens with two attached hydrogens (primary N) is 1. The summed E-state index contributed by atoms with van der Waals surface area (Å²) >= 11 is 0. The molecule has 0 saturated carbocycles. The number of hydrogen-bond donors (Lipinski definition) is 2. The van der Waals surface area contributed by atoms with E-state index >= 15 is 0 Å². The molecule has 11 heavy (non-hydrogen) atoms. The summed E-state index contributed by atoms with van der Waals surface area (Å²) in [5, 5.41) is 8.59. The summed E-state index contributed by atoms with van der Waals surface area (Å²) < 4.78 is 0. The monoisotopic (exact) mass is 157 g/mol. The standard InChI is InChI=1S/C7H11NO3/c1-4(2)6(7(9)10)5(3)11-8/h1,8H2,2-3H3,(H,9,10)/b6-5+. The van der Waals surface area contributed by atoms with Gasteiger partial charge in [0, 0.05) is 0 Å². The quantitative estimate of drug-likeness (QED) is 0.275. The third kappa shape index (κ3) is 2.43. The molecule has 3 N–H and O–H groups in total. The lowest BCUT2D eigenvalue weighted by Crippen LogP contribution is -2.08. The molecule has 0 aromatic carbocycles. The number of allylic oxidation sites excluding steroid dienone is 1. The van der Waals surface area contributed by atoms with Gasteiger partial charge in [0.15, 0.2) is 0 Å². The molecule has 62 valence electrons. The molecule has 0 aromatic heterocycles.